The van der Waals surface area contributed by atoms with Crippen LogP contribution in [0.5, 0.6) is 0 Å². The van der Waals surface area contributed by atoms with Gasteiger partial charge in [0.2, 0.25) is 0 Å². The number of rotatable bonds is 6. The minimum absolute atomic E-state index is 0.0400. The molecule has 3 rings (SSSR count). The lowest BCUT2D eigenvalue weighted by molar-refractivity contribution is -0.385. The standard InChI is InChI=1S/C18H14N4O4/c23-21(24)17-9-5-15(6-10-17)19-13-1-2-14(4-3-13)20-16-7-11-18(12-8-16)22(25)26/h1-12,19-20H. The van der Waals surface area contributed by atoms with Crippen molar-refractivity contribution < 1.29 is 9.85 Å². The van der Waals surface area contributed by atoms with Crippen molar-refractivity contribution in [3.63, 3.8) is 0 Å². The third-order valence-corrected chi connectivity index (χ3v) is 3.62. The molecule has 0 atom stereocenters. The van der Waals surface area contributed by atoms with Crippen molar-refractivity contribution in [2.24, 2.45) is 0 Å². The molecule has 0 saturated carbocycles. The second-order valence-corrected chi connectivity index (χ2v) is 5.44. The van der Waals surface area contributed by atoms with E-state index in [1.807, 2.05) is 24.3 Å². The van der Waals surface area contributed by atoms with Gasteiger partial charge in [-0.15, -0.1) is 0 Å². The highest BCUT2D eigenvalue weighted by Gasteiger charge is 2.05. The summed E-state index contributed by atoms with van der Waals surface area (Å²) in [5.41, 5.74) is 3.22. The van der Waals surface area contributed by atoms with Crippen LogP contribution in [-0.4, -0.2) is 9.85 Å². The fourth-order valence-corrected chi connectivity index (χ4v) is 2.30. The minimum atomic E-state index is -0.442. The molecule has 0 aliphatic rings. The molecule has 0 aromatic heterocycles. The van der Waals surface area contributed by atoms with Crippen LogP contribution in [0.2, 0.25) is 0 Å². The van der Waals surface area contributed by atoms with Crippen molar-refractivity contribution in [2.45, 2.75) is 0 Å². The van der Waals surface area contributed by atoms with E-state index in [0.717, 1.165) is 22.7 Å². The minimum Gasteiger partial charge on any atom is -0.356 e. The zero-order valence-corrected chi connectivity index (χ0v) is 13.5. The van der Waals surface area contributed by atoms with E-state index < -0.39 is 9.85 Å². The first-order chi connectivity index (χ1) is 12.5. The third kappa shape index (κ3) is 4.12. The van der Waals surface area contributed by atoms with Crippen LogP contribution in [0.25, 0.3) is 0 Å². The van der Waals surface area contributed by atoms with Crippen molar-refractivity contribution in [1.82, 2.24) is 0 Å². The average Bonchev–Trinajstić information content (AvgIpc) is 2.64. The molecule has 8 nitrogen and oxygen atoms in total. The van der Waals surface area contributed by atoms with Gasteiger partial charge in [0, 0.05) is 47.0 Å². The average molecular weight is 350 g/mol. The van der Waals surface area contributed by atoms with Crippen LogP contribution >= 0.6 is 0 Å². The van der Waals surface area contributed by atoms with Gasteiger partial charge in [-0.2, -0.15) is 0 Å². The zero-order valence-electron chi connectivity index (χ0n) is 13.5. The summed E-state index contributed by atoms with van der Waals surface area (Å²) in [7, 11) is 0. The van der Waals surface area contributed by atoms with Crippen LogP contribution < -0.4 is 10.6 Å². The van der Waals surface area contributed by atoms with E-state index in [1.165, 1.54) is 24.3 Å². The number of nitro benzene ring substituents is 2. The maximum absolute atomic E-state index is 10.7. The number of non-ortho nitro benzene ring substituents is 2. The van der Waals surface area contributed by atoms with Gasteiger partial charge in [-0.1, -0.05) is 0 Å². The Balaban J connectivity index is 1.64. The summed E-state index contributed by atoms with van der Waals surface area (Å²) in [4.78, 5) is 20.4. The molecule has 0 fully saturated rings. The molecule has 8 heteroatoms. The summed E-state index contributed by atoms with van der Waals surface area (Å²) in [5, 5.41) is 27.6. The van der Waals surface area contributed by atoms with E-state index in [4.69, 9.17) is 0 Å². The molecular weight excluding hydrogens is 336 g/mol. The van der Waals surface area contributed by atoms with Crippen LogP contribution in [0.15, 0.2) is 72.8 Å². The quantitative estimate of drug-likeness (QED) is 0.478. The fourth-order valence-electron chi connectivity index (χ4n) is 2.30. The molecule has 130 valence electrons. The summed E-state index contributed by atoms with van der Waals surface area (Å²) in [6.45, 7) is 0. The summed E-state index contributed by atoms with van der Waals surface area (Å²) >= 11 is 0. The molecule has 0 aliphatic heterocycles. The lowest BCUT2D eigenvalue weighted by Crippen LogP contribution is -1.94. The molecule has 2 N–H and O–H groups in total. The number of benzene rings is 3. The van der Waals surface area contributed by atoms with Crippen LogP contribution in [0, 0.1) is 20.2 Å². The second-order valence-electron chi connectivity index (χ2n) is 5.44. The Kier molecular flexibility index (Phi) is 4.75. The van der Waals surface area contributed by atoms with Crippen molar-refractivity contribution in [1.29, 1.82) is 0 Å². The van der Waals surface area contributed by atoms with Gasteiger partial charge < -0.3 is 10.6 Å². The first kappa shape index (κ1) is 16.9. The Morgan fingerprint density at radius 1 is 0.500 bits per heavy atom. The van der Waals surface area contributed by atoms with E-state index in [0.29, 0.717) is 0 Å². The van der Waals surface area contributed by atoms with Crippen molar-refractivity contribution in [2.75, 3.05) is 10.6 Å². The molecule has 0 unspecified atom stereocenters. The van der Waals surface area contributed by atoms with Gasteiger partial charge >= 0.3 is 0 Å². The smallest absolute Gasteiger partial charge is 0.269 e. The molecule has 0 spiro atoms. The van der Waals surface area contributed by atoms with E-state index in [2.05, 4.69) is 10.6 Å². The van der Waals surface area contributed by atoms with Gasteiger partial charge in [0.1, 0.15) is 0 Å². The van der Waals surface area contributed by atoms with Crippen LogP contribution in [0.4, 0.5) is 34.1 Å². The predicted octanol–water partition coefficient (Wildman–Crippen LogP) is 4.99. The Morgan fingerprint density at radius 3 is 0.962 bits per heavy atom. The molecule has 0 heterocycles. The lowest BCUT2D eigenvalue weighted by Gasteiger charge is -2.09. The fraction of sp³-hybridized carbons (Fsp3) is 0. The van der Waals surface area contributed by atoms with Crippen molar-refractivity contribution in [3.8, 4) is 0 Å². The van der Waals surface area contributed by atoms with Gasteiger partial charge in [-0.3, -0.25) is 20.2 Å². The van der Waals surface area contributed by atoms with Gasteiger partial charge in [0.25, 0.3) is 11.4 Å². The Morgan fingerprint density at radius 2 is 0.731 bits per heavy atom. The van der Waals surface area contributed by atoms with Gasteiger partial charge in [-0.05, 0) is 48.5 Å². The summed E-state index contributed by atoms with van der Waals surface area (Å²) in [6.07, 6.45) is 0. The summed E-state index contributed by atoms with van der Waals surface area (Å²) in [5.74, 6) is 0. The first-order valence-electron chi connectivity index (χ1n) is 7.64. The Bertz CT molecular complexity index is 844. The third-order valence-electron chi connectivity index (χ3n) is 3.62. The van der Waals surface area contributed by atoms with Crippen molar-refractivity contribution in [3.05, 3.63) is 93.0 Å². The number of nitrogens with zero attached hydrogens (tertiary/aromatic N) is 2. The van der Waals surface area contributed by atoms with Gasteiger partial charge in [0.05, 0.1) is 9.85 Å². The number of anilines is 4. The maximum Gasteiger partial charge on any atom is 0.269 e. The summed E-state index contributed by atoms with van der Waals surface area (Å²) < 4.78 is 0. The Labute approximate surface area is 148 Å². The van der Waals surface area contributed by atoms with E-state index >= 15 is 0 Å². The number of hydrogen-bond acceptors (Lipinski definition) is 6. The zero-order chi connectivity index (χ0) is 18.5. The SMILES string of the molecule is O=[N+]([O-])c1ccc(Nc2ccc(Nc3ccc([N+](=O)[O-])cc3)cc2)cc1. The highest BCUT2D eigenvalue weighted by atomic mass is 16.6. The monoisotopic (exact) mass is 350 g/mol. The highest BCUT2D eigenvalue weighted by molar-refractivity contribution is 5.66. The molecule has 3 aromatic rings. The largest absolute Gasteiger partial charge is 0.356 e. The van der Waals surface area contributed by atoms with Crippen LogP contribution in [-0.2, 0) is 0 Å². The molecule has 0 amide bonds. The predicted molar refractivity (Wildman–Crippen MR) is 99.2 cm³/mol. The van der Waals surface area contributed by atoms with Crippen molar-refractivity contribution >= 4 is 34.1 Å². The van der Waals surface area contributed by atoms with Gasteiger partial charge in [-0.25, -0.2) is 0 Å². The molecule has 3 aromatic carbocycles. The van der Waals surface area contributed by atoms with E-state index in [-0.39, 0.29) is 11.4 Å². The number of nitro groups is 2. The maximum atomic E-state index is 10.7. The molecule has 0 aliphatic carbocycles. The van der Waals surface area contributed by atoms with Crippen LogP contribution in [0.1, 0.15) is 0 Å². The molecular formula is C18H14N4O4. The highest BCUT2D eigenvalue weighted by Crippen LogP contribution is 2.24. The molecule has 0 radical (unpaired) electrons. The normalized spacial score (nSPS) is 10.2. The van der Waals surface area contributed by atoms with Crippen LogP contribution in [0.3, 0.4) is 0 Å². The topological polar surface area (TPSA) is 110 Å². The molecule has 0 saturated heterocycles. The lowest BCUT2D eigenvalue weighted by atomic mass is 10.2. The Hall–Kier alpha value is -3.94. The van der Waals surface area contributed by atoms with E-state index in [9.17, 15) is 20.2 Å². The second kappa shape index (κ2) is 7.31. The number of hydrogen-bond donors (Lipinski definition) is 2. The molecule has 0 bridgehead atoms. The first-order valence-corrected chi connectivity index (χ1v) is 7.64. The molecule has 26 heavy (non-hydrogen) atoms. The number of nitrogens with one attached hydrogen (secondary N) is 2. The summed E-state index contributed by atoms with van der Waals surface area (Å²) in [6, 6.07) is 19.7. The van der Waals surface area contributed by atoms with E-state index in [1.54, 1.807) is 24.3 Å². The van der Waals surface area contributed by atoms with Gasteiger partial charge in [0.15, 0.2) is 0 Å².